The second-order valence-corrected chi connectivity index (χ2v) is 9.06. The lowest BCUT2D eigenvalue weighted by Gasteiger charge is -2.38. The second-order valence-electron chi connectivity index (χ2n) is 9.06. The molecule has 1 aromatic rings. The van der Waals surface area contributed by atoms with E-state index in [0.29, 0.717) is 19.5 Å². The van der Waals surface area contributed by atoms with Crippen molar-refractivity contribution in [1.82, 2.24) is 10.2 Å². The first kappa shape index (κ1) is 21.1. The number of hydrogen-bond donors (Lipinski definition) is 1. The Labute approximate surface area is 191 Å². The molecule has 4 aliphatic rings. The van der Waals surface area contributed by atoms with Crippen molar-refractivity contribution in [1.29, 1.82) is 0 Å². The zero-order valence-corrected chi connectivity index (χ0v) is 18.2. The van der Waals surface area contributed by atoms with E-state index in [-0.39, 0.29) is 41.6 Å². The number of fused-ring (bicyclic) bond motifs is 1. The number of rotatable bonds is 2. The number of allylic oxidation sites excluding steroid dienone is 2. The predicted octanol–water partition coefficient (Wildman–Crippen LogP) is 1.45. The summed E-state index contributed by atoms with van der Waals surface area (Å²) >= 11 is 0. The third-order valence-electron chi connectivity index (χ3n) is 6.74. The van der Waals surface area contributed by atoms with Gasteiger partial charge in [-0.1, -0.05) is 24.8 Å². The van der Waals surface area contributed by atoms with E-state index in [2.05, 4.69) is 22.1 Å². The number of amides is 4. The number of carbonyl (C=O) groups excluding carboxylic acids is 5. The number of benzene rings is 1. The SMILES string of the molecule is CC1CC=C(C#CC2CN(c3ccc4c(c3)C(=O)N(C3CCC(=O)NC3=O)C4=O)C2)CC1=O. The molecule has 1 N–H and O–H groups in total. The maximum atomic E-state index is 13.0. The van der Waals surface area contributed by atoms with E-state index < -0.39 is 29.7 Å². The van der Waals surface area contributed by atoms with Gasteiger partial charge in [-0.2, -0.15) is 0 Å². The largest absolute Gasteiger partial charge is 0.369 e. The smallest absolute Gasteiger partial charge is 0.262 e. The van der Waals surface area contributed by atoms with Crippen LogP contribution in [0.25, 0.3) is 0 Å². The molecule has 0 bridgehead atoms. The zero-order valence-electron chi connectivity index (χ0n) is 18.2. The van der Waals surface area contributed by atoms with Gasteiger partial charge in [0.2, 0.25) is 11.8 Å². The molecular formula is C25H23N3O5. The minimum absolute atomic E-state index is 0.0788. The van der Waals surface area contributed by atoms with Gasteiger partial charge in [-0.3, -0.25) is 34.2 Å². The Hall–Kier alpha value is -3.73. The molecule has 3 heterocycles. The molecule has 1 aromatic carbocycles. The van der Waals surface area contributed by atoms with Crippen LogP contribution in [0.3, 0.4) is 0 Å². The van der Waals surface area contributed by atoms with Gasteiger partial charge in [0.1, 0.15) is 11.8 Å². The summed E-state index contributed by atoms with van der Waals surface area (Å²) in [5.74, 6) is 4.84. The van der Waals surface area contributed by atoms with Crippen molar-refractivity contribution in [3.8, 4) is 11.8 Å². The summed E-state index contributed by atoms with van der Waals surface area (Å²) in [5.41, 5.74) is 2.26. The minimum Gasteiger partial charge on any atom is -0.369 e. The van der Waals surface area contributed by atoms with Gasteiger partial charge in [0.05, 0.1) is 17.0 Å². The molecule has 0 saturated carbocycles. The minimum atomic E-state index is -0.967. The first-order valence-electron chi connectivity index (χ1n) is 11.2. The first-order chi connectivity index (χ1) is 15.8. The van der Waals surface area contributed by atoms with Crippen LogP contribution in [0.2, 0.25) is 0 Å². The topological polar surface area (TPSA) is 104 Å². The summed E-state index contributed by atoms with van der Waals surface area (Å²) in [7, 11) is 0. The van der Waals surface area contributed by atoms with Gasteiger partial charge in [0.15, 0.2) is 0 Å². The van der Waals surface area contributed by atoms with Gasteiger partial charge in [0.25, 0.3) is 11.8 Å². The van der Waals surface area contributed by atoms with Crippen molar-refractivity contribution in [2.45, 2.75) is 38.6 Å². The molecule has 168 valence electrons. The Morgan fingerprint density at radius 2 is 1.79 bits per heavy atom. The Balaban J connectivity index is 1.26. The van der Waals surface area contributed by atoms with E-state index in [4.69, 9.17) is 0 Å². The van der Waals surface area contributed by atoms with Gasteiger partial charge in [-0.05, 0) is 31.0 Å². The molecular weight excluding hydrogens is 422 g/mol. The van der Waals surface area contributed by atoms with E-state index in [1.54, 1.807) is 18.2 Å². The van der Waals surface area contributed by atoms with E-state index in [1.165, 1.54) is 0 Å². The van der Waals surface area contributed by atoms with Crippen molar-refractivity contribution in [3.05, 3.63) is 41.0 Å². The number of nitrogens with zero attached hydrogens (tertiary/aromatic N) is 2. The molecule has 2 saturated heterocycles. The lowest BCUT2D eigenvalue weighted by Crippen LogP contribution is -2.54. The molecule has 3 aliphatic heterocycles. The predicted molar refractivity (Wildman–Crippen MR) is 118 cm³/mol. The van der Waals surface area contributed by atoms with Crippen molar-refractivity contribution >= 4 is 35.1 Å². The van der Waals surface area contributed by atoms with Crippen LogP contribution in [-0.4, -0.2) is 53.4 Å². The number of nitrogens with one attached hydrogen (secondary N) is 1. The lowest BCUT2D eigenvalue weighted by atomic mass is 9.89. The molecule has 8 nitrogen and oxygen atoms in total. The average molecular weight is 445 g/mol. The number of ketones is 1. The van der Waals surface area contributed by atoms with Crippen molar-refractivity contribution in [3.63, 3.8) is 0 Å². The summed E-state index contributed by atoms with van der Waals surface area (Å²) in [6.07, 6.45) is 3.44. The average Bonchev–Trinajstić information content (AvgIpc) is 2.99. The van der Waals surface area contributed by atoms with E-state index in [1.807, 2.05) is 13.0 Å². The van der Waals surface area contributed by atoms with Crippen LogP contribution in [0, 0.1) is 23.7 Å². The van der Waals surface area contributed by atoms with Crippen molar-refractivity contribution in [2.24, 2.45) is 11.8 Å². The second kappa shape index (κ2) is 8.00. The zero-order chi connectivity index (χ0) is 23.3. The van der Waals surface area contributed by atoms with Gasteiger partial charge in [0, 0.05) is 43.1 Å². The molecule has 33 heavy (non-hydrogen) atoms. The molecule has 2 fully saturated rings. The summed E-state index contributed by atoms with van der Waals surface area (Å²) in [6.45, 7) is 3.33. The van der Waals surface area contributed by atoms with Crippen LogP contribution in [0.4, 0.5) is 5.69 Å². The highest BCUT2D eigenvalue weighted by molar-refractivity contribution is 6.23. The number of hydrogen-bond acceptors (Lipinski definition) is 6. The highest BCUT2D eigenvalue weighted by Gasteiger charge is 2.45. The molecule has 0 spiro atoms. The fraction of sp³-hybridized carbons (Fsp3) is 0.400. The number of piperidine rings is 1. The number of carbonyl (C=O) groups is 5. The van der Waals surface area contributed by atoms with Crippen molar-refractivity contribution < 1.29 is 24.0 Å². The summed E-state index contributed by atoms with van der Waals surface area (Å²) in [5, 5.41) is 2.20. The molecule has 1 aliphatic carbocycles. The molecule has 8 heteroatoms. The fourth-order valence-corrected chi connectivity index (χ4v) is 4.61. The van der Waals surface area contributed by atoms with Crippen LogP contribution >= 0.6 is 0 Å². The normalized spacial score (nSPS) is 25.2. The Bertz CT molecular complexity index is 1200. The van der Waals surface area contributed by atoms with Crippen LogP contribution in [0.5, 0.6) is 0 Å². The van der Waals surface area contributed by atoms with Gasteiger partial charge in [-0.25, -0.2) is 0 Å². The first-order valence-corrected chi connectivity index (χ1v) is 11.2. The van der Waals surface area contributed by atoms with Gasteiger partial charge >= 0.3 is 0 Å². The van der Waals surface area contributed by atoms with Crippen LogP contribution in [0.1, 0.15) is 53.3 Å². The maximum Gasteiger partial charge on any atom is 0.262 e. The standard InChI is InChI=1S/C25H23N3O5/c1-14-2-3-15(10-21(14)29)4-5-16-12-27(13-16)17-6-7-18-19(11-17)25(33)28(24(18)32)20-8-9-22(30)26-23(20)31/h3,6-7,11,14,16,20H,2,8-10,12-13H2,1H3,(H,26,30,31). The monoisotopic (exact) mass is 445 g/mol. The van der Waals surface area contributed by atoms with E-state index in [0.717, 1.165) is 22.6 Å². The lowest BCUT2D eigenvalue weighted by molar-refractivity contribution is -0.136. The van der Waals surface area contributed by atoms with Gasteiger partial charge in [-0.15, -0.1) is 0 Å². The molecule has 0 aromatic heterocycles. The molecule has 0 radical (unpaired) electrons. The molecule has 2 unspecified atom stereocenters. The fourth-order valence-electron chi connectivity index (χ4n) is 4.61. The van der Waals surface area contributed by atoms with Crippen molar-refractivity contribution in [2.75, 3.05) is 18.0 Å². The molecule has 2 atom stereocenters. The highest BCUT2D eigenvalue weighted by Crippen LogP contribution is 2.33. The van der Waals surface area contributed by atoms with Crippen LogP contribution in [0.15, 0.2) is 29.8 Å². The third-order valence-corrected chi connectivity index (χ3v) is 6.74. The summed E-state index contributed by atoms with van der Waals surface area (Å²) in [6, 6.07) is 4.14. The Kier molecular flexibility index (Phi) is 5.12. The highest BCUT2D eigenvalue weighted by atomic mass is 16.2. The quantitative estimate of drug-likeness (QED) is 0.546. The Morgan fingerprint density at radius 3 is 2.52 bits per heavy atom. The summed E-state index contributed by atoms with van der Waals surface area (Å²) < 4.78 is 0. The Morgan fingerprint density at radius 1 is 1.03 bits per heavy atom. The number of imide groups is 2. The molecule has 4 amide bonds. The van der Waals surface area contributed by atoms with Gasteiger partial charge < -0.3 is 4.90 Å². The third kappa shape index (κ3) is 3.74. The number of anilines is 1. The van der Waals surface area contributed by atoms with E-state index in [9.17, 15) is 24.0 Å². The number of Topliss-reactive ketones (excluding diaryl/α,β-unsaturated/α-hetero) is 1. The summed E-state index contributed by atoms with van der Waals surface area (Å²) in [4.78, 5) is 64.3. The maximum absolute atomic E-state index is 13.0. The van der Waals surface area contributed by atoms with Crippen LogP contribution < -0.4 is 10.2 Å². The van der Waals surface area contributed by atoms with Crippen LogP contribution in [-0.2, 0) is 14.4 Å². The molecule has 5 rings (SSSR count). The van der Waals surface area contributed by atoms with E-state index >= 15 is 0 Å².